The molecule has 2 rings (SSSR count). The summed E-state index contributed by atoms with van der Waals surface area (Å²) in [4.78, 5) is 0. The average molecular weight is 215 g/mol. The van der Waals surface area contributed by atoms with Crippen molar-refractivity contribution in [2.45, 2.75) is 18.9 Å². The molecule has 76 valence electrons. The van der Waals surface area contributed by atoms with Crippen LogP contribution in [0, 0.1) is 5.82 Å². The lowest BCUT2D eigenvalue weighted by Crippen LogP contribution is -2.15. The summed E-state index contributed by atoms with van der Waals surface area (Å²) in [6, 6.07) is 2.86. The molecule has 1 aliphatic rings. The van der Waals surface area contributed by atoms with Crippen molar-refractivity contribution in [1.29, 1.82) is 0 Å². The van der Waals surface area contributed by atoms with E-state index >= 15 is 0 Å². The van der Waals surface area contributed by atoms with Gasteiger partial charge in [0.15, 0.2) is 0 Å². The SMILES string of the molecule is Nc1c(Cl)cc(F)cc1C1CCCN1. The van der Waals surface area contributed by atoms with Crippen LogP contribution in [-0.2, 0) is 0 Å². The molecule has 0 saturated carbocycles. The zero-order chi connectivity index (χ0) is 10.1. The molecule has 0 amide bonds. The van der Waals surface area contributed by atoms with E-state index in [1.807, 2.05) is 0 Å². The van der Waals surface area contributed by atoms with Gasteiger partial charge >= 0.3 is 0 Å². The summed E-state index contributed by atoms with van der Waals surface area (Å²) in [6.07, 6.45) is 2.09. The van der Waals surface area contributed by atoms with Gasteiger partial charge < -0.3 is 11.1 Å². The van der Waals surface area contributed by atoms with Crippen LogP contribution in [0.3, 0.4) is 0 Å². The number of nitrogen functional groups attached to an aromatic ring is 1. The Kier molecular flexibility index (Phi) is 2.61. The highest BCUT2D eigenvalue weighted by molar-refractivity contribution is 6.33. The predicted octanol–water partition coefficient (Wildman–Crippen LogP) is 2.49. The summed E-state index contributed by atoms with van der Waals surface area (Å²) in [6.45, 7) is 0.957. The van der Waals surface area contributed by atoms with Gasteiger partial charge in [-0.3, -0.25) is 0 Å². The maximum Gasteiger partial charge on any atom is 0.125 e. The number of hydrogen-bond acceptors (Lipinski definition) is 2. The summed E-state index contributed by atoms with van der Waals surface area (Å²) in [7, 11) is 0. The molecule has 1 fully saturated rings. The van der Waals surface area contributed by atoms with Crippen molar-refractivity contribution in [2.75, 3.05) is 12.3 Å². The van der Waals surface area contributed by atoms with Crippen LogP contribution < -0.4 is 11.1 Å². The standard InChI is InChI=1S/C10H12ClFN2/c11-8-5-6(12)4-7(10(8)13)9-2-1-3-14-9/h4-5,9,14H,1-3,13H2. The fraction of sp³-hybridized carbons (Fsp3) is 0.400. The molecule has 1 aromatic carbocycles. The summed E-state index contributed by atoms with van der Waals surface area (Å²) >= 11 is 5.80. The predicted molar refractivity (Wildman–Crippen MR) is 55.8 cm³/mol. The van der Waals surface area contributed by atoms with E-state index in [1.165, 1.54) is 12.1 Å². The Morgan fingerprint density at radius 1 is 1.50 bits per heavy atom. The minimum Gasteiger partial charge on any atom is -0.397 e. The molecule has 0 radical (unpaired) electrons. The Bertz CT molecular complexity index is 348. The fourth-order valence-corrected chi connectivity index (χ4v) is 2.06. The van der Waals surface area contributed by atoms with E-state index in [4.69, 9.17) is 17.3 Å². The fourth-order valence-electron chi connectivity index (χ4n) is 1.84. The van der Waals surface area contributed by atoms with E-state index in [9.17, 15) is 4.39 Å². The number of nitrogens with one attached hydrogen (secondary N) is 1. The molecule has 0 aromatic heterocycles. The Balaban J connectivity index is 2.40. The van der Waals surface area contributed by atoms with Crippen LogP contribution in [0.1, 0.15) is 24.4 Å². The molecular formula is C10H12ClFN2. The molecular weight excluding hydrogens is 203 g/mol. The first kappa shape index (κ1) is 9.74. The van der Waals surface area contributed by atoms with Crippen molar-refractivity contribution in [3.8, 4) is 0 Å². The lowest BCUT2D eigenvalue weighted by Gasteiger charge is -2.14. The summed E-state index contributed by atoms with van der Waals surface area (Å²) in [5.41, 5.74) is 7.07. The Labute approximate surface area is 87.2 Å². The minimum atomic E-state index is -0.326. The van der Waals surface area contributed by atoms with Crippen molar-refractivity contribution in [3.63, 3.8) is 0 Å². The molecule has 1 unspecified atom stereocenters. The summed E-state index contributed by atoms with van der Waals surface area (Å²) in [5.74, 6) is -0.326. The van der Waals surface area contributed by atoms with Crippen molar-refractivity contribution in [2.24, 2.45) is 0 Å². The first-order valence-electron chi connectivity index (χ1n) is 4.66. The first-order valence-corrected chi connectivity index (χ1v) is 5.04. The van der Waals surface area contributed by atoms with Gasteiger partial charge in [-0.2, -0.15) is 0 Å². The smallest absolute Gasteiger partial charge is 0.125 e. The lowest BCUT2D eigenvalue weighted by molar-refractivity contribution is 0.608. The largest absolute Gasteiger partial charge is 0.397 e. The number of halogens is 2. The highest BCUT2D eigenvalue weighted by atomic mass is 35.5. The average Bonchev–Trinajstić information content (AvgIpc) is 2.63. The third kappa shape index (κ3) is 1.70. The molecule has 1 atom stereocenters. The van der Waals surface area contributed by atoms with Crippen molar-refractivity contribution in [3.05, 3.63) is 28.5 Å². The molecule has 1 aliphatic heterocycles. The van der Waals surface area contributed by atoms with Crippen LogP contribution in [-0.4, -0.2) is 6.54 Å². The number of anilines is 1. The molecule has 1 saturated heterocycles. The van der Waals surface area contributed by atoms with Crippen LogP contribution in [0.4, 0.5) is 10.1 Å². The third-order valence-electron chi connectivity index (χ3n) is 2.56. The Morgan fingerprint density at radius 3 is 2.93 bits per heavy atom. The second-order valence-corrected chi connectivity index (χ2v) is 3.95. The number of hydrogen-bond donors (Lipinski definition) is 2. The maximum absolute atomic E-state index is 13.1. The van der Waals surface area contributed by atoms with E-state index in [0.717, 1.165) is 24.9 Å². The minimum absolute atomic E-state index is 0.156. The van der Waals surface area contributed by atoms with Gasteiger partial charge in [-0.15, -0.1) is 0 Å². The van der Waals surface area contributed by atoms with Crippen molar-refractivity contribution in [1.82, 2.24) is 5.32 Å². The molecule has 0 spiro atoms. The van der Waals surface area contributed by atoms with E-state index in [-0.39, 0.29) is 11.9 Å². The third-order valence-corrected chi connectivity index (χ3v) is 2.87. The summed E-state index contributed by atoms with van der Waals surface area (Å²) in [5, 5.41) is 3.56. The van der Waals surface area contributed by atoms with Crippen molar-refractivity contribution >= 4 is 17.3 Å². The van der Waals surface area contributed by atoms with Gasteiger partial charge in [0.05, 0.1) is 10.7 Å². The molecule has 0 bridgehead atoms. The molecule has 0 aliphatic carbocycles. The zero-order valence-electron chi connectivity index (χ0n) is 7.69. The normalized spacial score (nSPS) is 21.4. The highest BCUT2D eigenvalue weighted by Crippen LogP contribution is 2.32. The van der Waals surface area contributed by atoms with E-state index in [2.05, 4.69) is 5.32 Å². The van der Waals surface area contributed by atoms with E-state index in [0.29, 0.717) is 10.7 Å². The van der Waals surface area contributed by atoms with Crippen LogP contribution in [0.2, 0.25) is 5.02 Å². The quantitative estimate of drug-likeness (QED) is 0.705. The molecule has 4 heteroatoms. The Morgan fingerprint density at radius 2 is 2.29 bits per heavy atom. The van der Waals surface area contributed by atoms with E-state index in [1.54, 1.807) is 0 Å². The van der Waals surface area contributed by atoms with Crippen molar-refractivity contribution < 1.29 is 4.39 Å². The van der Waals surface area contributed by atoms with Crippen LogP contribution in [0.15, 0.2) is 12.1 Å². The highest BCUT2D eigenvalue weighted by Gasteiger charge is 2.20. The first-order chi connectivity index (χ1) is 6.68. The topological polar surface area (TPSA) is 38.0 Å². The molecule has 1 heterocycles. The van der Waals surface area contributed by atoms with Crippen LogP contribution in [0.25, 0.3) is 0 Å². The monoisotopic (exact) mass is 214 g/mol. The number of rotatable bonds is 1. The second-order valence-electron chi connectivity index (χ2n) is 3.54. The van der Waals surface area contributed by atoms with Gasteiger partial charge in [-0.1, -0.05) is 11.6 Å². The van der Waals surface area contributed by atoms with Gasteiger partial charge in [0, 0.05) is 6.04 Å². The Hall–Kier alpha value is -0.800. The molecule has 2 nitrogen and oxygen atoms in total. The molecule has 1 aromatic rings. The number of benzene rings is 1. The van der Waals surface area contributed by atoms with Gasteiger partial charge in [-0.25, -0.2) is 4.39 Å². The molecule has 3 N–H and O–H groups in total. The molecule has 14 heavy (non-hydrogen) atoms. The van der Waals surface area contributed by atoms with Gasteiger partial charge in [0.2, 0.25) is 0 Å². The van der Waals surface area contributed by atoms with E-state index < -0.39 is 0 Å². The second kappa shape index (κ2) is 3.75. The maximum atomic E-state index is 13.1. The van der Waals surface area contributed by atoms with Gasteiger partial charge in [0.25, 0.3) is 0 Å². The van der Waals surface area contributed by atoms with Gasteiger partial charge in [-0.05, 0) is 37.1 Å². The van der Waals surface area contributed by atoms with Crippen LogP contribution in [0.5, 0.6) is 0 Å². The summed E-state index contributed by atoms with van der Waals surface area (Å²) < 4.78 is 13.1. The zero-order valence-corrected chi connectivity index (χ0v) is 8.44. The van der Waals surface area contributed by atoms with Gasteiger partial charge in [0.1, 0.15) is 5.82 Å². The number of nitrogens with two attached hydrogens (primary N) is 1. The lowest BCUT2D eigenvalue weighted by atomic mass is 10.0. The van der Waals surface area contributed by atoms with Crippen LogP contribution >= 0.6 is 11.6 Å².